The predicted octanol–water partition coefficient (Wildman–Crippen LogP) is 1.61. The summed E-state index contributed by atoms with van der Waals surface area (Å²) in [5.41, 5.74) is 0. The fourth-order valence-electron chi connectivity index (χ4n) is 1.12. The fraction of sp³-hybridized carbons (Fsp3) is 0.857. The lowest BCUT2D eigenvalue weighted by molar-refractivity contribution is 0.117. The van der Waals surface area contributed by atoms with E-state index < -0.39 is 0 Å². The average molecular weight is 222 g/mol. The molecule has 0 unspecified atom stereocenters. The molecule has 64 valence electrons. The van der Waals surface area contributed by atoms with E-state index in [1.54, 1.807) is 4.90 Å². The van der Waals surface area contributed by atoms with Crippen LogP contribution in [0.1, 0.15) is 12.8 Å². The number of likely N-dealkylation sites (tertiary alicyclic amines) is 1. The summed E-state index contributed by atoms with van der Waals surface area (Å²) in [6.45, 7) is 2.19. The van der Waals surface area contributed by atoms with Crippen molar-refractivity contribution in [1.82, 2.24) is 4.90 Å². The van der Waals surface area contributed by atoms with Crippen LogP contribution in [0.5, 0.6) is 0 Å². The van der Waals surface area contributed by atoms with Gasteiger partial charge in [-0.15, -0.1) is 0 Å². The molecule has 1 rings (SSSR count). The van der Waals surface area contributed by atoms with Crippen LogP contribution in [0.25, 0.3) is 0 Å². The van der Waals surface area contributed by atoms with Gasteiger partial charge in [-0.1, -0.05) is 15.9 Å². The second-order valence-electron chi connectivity index (χ2n) is 2.50. The van der Waals surface area contributed by atoms with Crippen molar-refractivity contribution in [2.45, 2.75) is 12.8 Å². The Bertz CT molecular complexity index is 134. The number of carbonyl (C=O) groups excluding carboxylic acids is 1. The van der Waals surface area contributed by atoms with Crippen LogP contribution in [-0.2, 0) is 4.74 Å². The van der Waals surface area contributed by atoms with E-state index in [1.165, 1.54) is 0 Å². The second-order valence-corrected chi connectivity index (χ2v) is 3.29. The van der Waals surface area contributed by atoms with E-state index in [4.69, 9.17) is 4.74 Å². The number of halogens is 1. The zero-order valence-corrected chi connectivity index (χ0v) is 7.97. The van der Waals surface area contributed by atoms with Crippen LogP contribution in [0.4, 0.5) is 4.79 Å². The number of hydrogen-bond donors (Lipinski definition) is 0. The van der Waals surface area contributed by atoms with E-state index in [1.807, 2.05) is 0 Å². The summed E-state index contributed by atoms with van der Waals surface area (Å²) in [5.74, 6) is 0. The Morgan fingerprint density at radius 3 is 2.64 bits per heavy atom. The van der Waals surface area contributed by atoms with E-state index in [2.05, 4.69) is 15.9 Å². The molecule has 11 heavy (non-hydrogen) atoms. The number of carbonyl (C=O) groups is 1. The quantitative estimate of drug-likeness (QED) is 0.664. The van der Waals surface area contributed by atoms with Crippen molar-refractivity contribution in [2.75, 3.05) is 25.0 Å². The molecular weight excluding hydrogens is 210 g/mol. The van der Waals surface area contributed by atoms with Gasteiger partial charge in [0, 0.05) is 18.4 Å². The molecule has 1 aliphatic heterocycles. The number of hydrogen-bond acceptors (Lipinski definition) is 2. The highest BCUT2D eigenvalue weighted by Gasteiger charge is 2.18. The van der Waals surface area contributed by atoms with Gasteiger partial charge in [0.15, 0.2) is 0 Å². The minimum absolute atomic E-state index is 0.165. The number of nitrogens with zero attached hydrogens (tertiary/aromatic N) is 1. The SMILES string of the molecule is O=C(OCCBr)N1CCCC1. The van der Waals surface area contributed by atoms with Gasteiger partial charge in [0.1, 0.15) is 6.61 Å². The summed E-state index contributed by atoms with van der Waals surface area (Å²) < 4.78 is 4.92. The van der Waals surface area contributed by atoms with Gasteiger partial charge >= 0.3 is 6.09 Å². The van der Waals surface area contributed by atoms with E-state index in [0.29, 0.717) is 11.9 Å². The normalized spacial score (nSPS) is 17.0. The van der Waals surface area contributed by atoms with Crippen molar-refractivity contribution in [3.63, 3.8) is 0 Å². The molecule has 1 amide bonds. The molecule has 0 saturated carbocycles. The molecule has 0 spiro atoms. The van der Waals surface area contributed by atoms with Crippen molar-refractivity contribution in [3.8, 4) is 0 Å². The molecule has 4 heteroatoms. The molecule has 3 nitrogen and oxygen atoms in total. The zero-order valence-electron chi connectivity index (χ0n) is 6.38. The highest BCUT2D eigenvalue weighted by Crippen LogP contribution is 2.08. The van der Waals surface area contributed by atoms with Gasteiger partial charge in [-0.25, -0.2) is 4.79 Å². The van der Waals surface area contributed by atoms with Crippen molar-refractivity contribution < 1.29 is 9.53 Å². The minimum atomic E-state index is -0.165. The molecule has 0 radical (unpaired) electrons. The van der Waals surface area contributed by atoms with Gasteiger partial charge in [-0.3, -0.25) is 0 Å². The molecule has 0 aliphatic carbocycles. The van der Waals surface area contributed by atoms with Crippen molar-refractivity contribution in [3.05, 3.63) is 0 Å². The molecule has 0 aromatic carbocycles. The van der Waals surface area contributed by atoms with Gasteiger partial charge in [0.2, 0.25) is 0 Å². The summed E-state index contributed by atoms with van der Waals surface area (Å²) in [6, 6.07) is 0. The van der Waals surface area contributed by atoms with Crippen molar-refractivity contribution >= 4 is 22.0 Å². The third kappa shape index (κ3) is 2.69. The lowest BCUT2D eigenvalue weighted by Gasteiger charge is -2.13. The highest BCUT2D eigenvalue weighted by molar-refractivity contribution is 9.09. The lowest BCUT2D eigenvalue weighted by atomic mass is 10.4. The summed E-state index contributed by atoms with van der Waals surface area (Å²) in [6.07, 6.45) is 2.06. The molecule has 1 heterocycles. The molecule has 1 aliphatic rings. The first-order chi connectivity index (χ1) is 5.34. The van der Waals surface area contributed by atoms with Crippen LogP contribution >= 0.6 is 15.9 Å². The minimum Gasteiger partial charge on any atom is -0.449 e. The maximum atomic E-state index is 11.1. The van der Waals surface area contributed by atoms with E-state index in [-0.39, 0.29) is 6.09 Å². The third-order valence-corrected chi connectivity index (χ3v) is 1.99. The molecule has 1 saturated heterocycles. The maximum Gasteiger partial charge on any atom is 0.409 e. The fourth-order valence-corrected chi connectivity index (χ4v) is 1.28. The van der Waals surface area contributed by atoms with Gasteiger partial charge in [-0.2, -0.15) is 0 Å². The van der Waals surface area contributed by atoms with Crippen LogP contribution in [0, 0.1) is 0 Å². The Morgan fingerprint density at radius 2 is 2.09 bits per heavy atom. The molecule has 0 atom stereocenters. The second kappa shape index (κ2) is 4.59. The summed E-state index contributed by atoms with van der Waals surface area (Å²) in [7, 11) is 0. The summed E-state index contributed by atoms with van der Waals surface area (Å²) in [4.78, 5) is 12.8. The molecule has 0 bridgehead atoms. The topological polar surface area (TPSA) is 29.5 Å². The highest BCUT2D eigenvalue weighted by atomic mass is 79.9. The van der Waals surface area contributed by atoms with E-state index in [9.17, 15) is 4.79 Å². The van der Waals surface area contributed by atoms with Crippen LogP contribution in [-0.4, -0.2) is 36.0 Å². The first kappa shape index (κ1) is 8.84. The number of amides is 1. The average Bonchev–Trinajstić information content (AvgIpc) is 2.52. The van der Waals surface area contributed by atoms with Crippen molar-refractivity contribution in [1.29, 1.82) is 0 Å². The van der Waals surface area contributed by atoms with Crippen LogP contribution in [0.3, 0.4) is 0 Å². The first-order valence-electron chi connectivity index (χ1n) is 3.82. The van der Waals surface area contributed by atoms with Gasteiger partial charge in [0.05, 0.1) is 0 Å². The number of alkyl halides is 1. The predicted molar refractivity (Wildman–Crippen MR) is 45.9 cm³/mol. The Labute approximate surface area is 74.8 Å². The molecule has 1 fully saturated rings. The molecule has 0 N–H and O–H groups in total. The third-order valence-electron chi connectivity index (χ3n) is 1.67. The standard InChI is InChI=1S/C7H12BrNO2/c8-3-6-11-7(10)9-4-1-2-5-9/h1-6H2. The number of rotatable bonds is 2. The van der Waals surface area contributed by atoms with Gasteiger partial charge in [-0.05, 0) is 12.8 Å². The van der Waals surface area contributed by atoms with Crippen LogP contribution < -0.4 is 0 Å². The van der Waals surface area contributed by atoms with Gasteiger partial charge in [0.25, 0.3) is 0 Å². The maximum absolute atomic E-state index is 11.1. The summed E-state index contributed by atoms with van der Waals surface area (Å²) >= 11 is 3.19. The Balaban J connectivity index is 2.17. The lowest BCUT2D eigenvalue weighted by Crippen LogP contribution is -2.28. The largest absolute Gasteiger partial charge is 0.449 e. The Hall–Kier alpha value is -0.250. The monoisotopic (exact) mass is 221 g/mol. The smallest absolute Gasteiger partial charge is 0.409 e. The Kier molecular flexibility index (Phi) is 3.69. The molecule has 0 aromatic rings. The van der Waals surface area contributed by atoms with Crippen LogP contribution in [0.15, 0.2) is 0 Å². The van der Waals surface area contributed by atoms with Crippen LogP contribution in [0.2, 0.25) is 0 Å². The van der Waals surface area contributed by atoms with E-state index >= 15 is 0 Å². The zero-order chi connectivity index (χ0) is 8.10. The molecular formula is C7H12BrNO2. The Morgan fingerprint density at radius 1 is 1.45 bits per heavy atom. The molecule has 0 aromatic heterocycles. The van der Waals surface area contributed by atoms with Gasteiger partial charge < -0.3 is 9.64 Å². The van der Waals surface area contributed by atoms with Crippen molar-refractivity contribution in [2.24, 2.45) is 0 Å². The van der Waals surface area contributed by atoms with E-state index in [0.717, 1.165) is 25.9 Å². The first-order valence-corrected chi connectivity index (χ1v) is 4.94. The number of ether oxygens (including phenoxy) is 1. The summed E-state index contributed by atoms with van der Waals surface area (Å²) in [5, 5.41) is 0.715.